The lowest BCUT2D eigenvalue weighted by Crippen LogP contribution is -2.49. The lowest BCUT2D eigenvalue weighted by Gasteiger charge is -2.51. The Hall–Kier alpha value is -0.0400. The molecular formula is C18H33N. The number of rotatable bonds is 2. The van der Waals surface area contributed by atoms with E-state index in [1.54, 1.807) is 12.8 Å². The van der Waals surface area contributed by atoms with Gasteiger partial charge in [0.2, 0.25) is 0 Å². The normalized spacial score (nSPS) is 41.2. The maximum absolute atomic E-state index is 3.72. The fourth-order valence-corrected chi connectivity index (χ4v) is 5.53. The summed E-state index contributed by atoms with van der Waals surface area (Å²) in [5, 5.41) is 3.72. The summed E-state index contributed by atoms with van der Waals surface area (Å²) in [6.45, 7) is 7.48. The third-order valence-corrected chi connectivity index (χ3v) is 6.89. The molecule has 1 unspecified atom stereocenters. The lowest BCUT2D eigenvalue weighted by atomic mass is 9.56. The van der Waals surface area contributed by atoms with Crippen molar-refractivity contribution in [1.82, 2.24) is 5.32 Å². The van der Waals surface area contributed by atoms with Crippen molar-refractivity contribution in [3.05, 3.63) is 0 Å². The topological polar surface area (TPSA) is 12.0 Å². The van der Waals surface area contributed by atoms with E-state index < -0.39 is 0 Å². The maximum Gasteiger partial charge on any atom is -0.00125 e. The van der Waals surface area contributed by atoms with Crippen molar-refractivity contribution in [2.24, 2.45) is 29.1 Å². The van der Waals surface area contributed by atoms with Crippen molar-refractivity contribution in [2.45, 2.75) is 71.6 Å². The zero-order valence-electron chi connectivity index (χ0n) is 13.1. The highest BCUT2D eigenvalue weighted by atomic mass is 14.9. The standard InChI is InChI=1S/C18H33N/c1-14(2)15-7-9-18(10-8-15)11-12-19-13-17(18)16-5-3-4-6-16/h14-17,19H,3-13H2,1-2H3. The van der Waals surface area contributed by atoms with Crippen LogP contribution in [0, 0.1) is 29.1 Å². The molecule has 1 atom stereocenters. The number of piperidine rings is 1. The first kappa shape index (κ1) is 13.9. The van der Waals surface area contributed by atoms with E-state index in [-0.39, 0.29) is 0 Å². The lowest BCUT2D eigenvalue weighted by molar-refractivity contribution is 0.00217. The van der Waals surface area contributed by atoms with Gasteiger partial charge in [0.25, 0.3) is 0 Å². The smallest absolute Gasteiger partial charge is 0.00125 e. The molecule has 2 aliphatic carbocycles. The summed E-state index contributed by atoms with van der Waals surface area (Å²) in [6.07, 6.45) is 13.7. The Morgan fingerprint density at radius 3 is 2.26 bits per heavy atom. The van der Waals surface area contributed by atoms with Crippen molar-refractivity contribution >= 4 is 0 Å². The van der Waals surface area contributed by atoms with E-state index in [0.717, 1.165) is 29.1 Å². The third kappa shape index (κ3) is 2.73. The van der Waals surface area contributed by atoms with Gasteiger partial charge in [0, 0.05) is 0 Å². The van der Waals surface area contributed by atoms with Gasteiger partial charge in [-0.05, 0) is 74.3 Å². The van der Waals surface area contributed by atoms with Crippen LogP contribution >= 0.6 is 0 Å². The first-order valence-electron chi connectivity index (χ1n) is 8.92. The predicted molar refractivity (Wildman–Crippen MR) is 82.2 cm³/mol. The van der Waals surface area contributed by atoms with Crippen LogP contribution in [0.5, 0.6) is 0 Å². The molecule has 0 aromatic carbocycles. The van der Waals surface area contributed by atoms with Gasteiger partial charge in [-0.15, -0.1) is 0 Å². The Labute approximate surface area is 119 Å². The quantitative estimate of drug-likeness (QED) is 0.766. The van der Waals surface area contributed by atoms with E-state index in [4.69, 9.17) is 0 Å². The fraction of sp³-hybridized carbons (Fsp3) is 1.00. The first-order valence-corrected chi connectivity index (χ1v) is 8.92. The Kier molecular flexibility index (Phi) is 4.22. The SMILES string of the molecule is CC(C)C1CCC2(CCNCC2C2CCCC2)CC1. The molecule has 3 aliphatic rings. The Morgan fingerprint density at radius 1 is 0.947 bits per heavy atom. The third-order valence-electron chi connectivity index (χ3n) is 6.89. The van der Waals surface area contributed by atoms with Crippen molar-refractivity contribution < 1.29 is 0 Å². The highest BCUT2D eigenvalue weighted by Gasteiger charge is 2.46. The molecule has 0 aromatic rings. The number of nitrogens with one attached hydrogen (secondary N) is 1. The molecule has 3 fully saturated rings. The predicted octanol–water partition coefficient (Wildman–Crippen LogP) is 4.62. The average molecular weight is 263 g/mol. The van der Waals surface area contributed by atoms with Crippen molar-refractivity contribution in [3.8, 4) is 0 Å². The van der Waals surface area contributed by atoms with Crippen LogP contribution < -0.4 is 5.32 Å². The molecule has 0 aromatic heterocycles. The molecule has 0 amide bonds. The molecule has 2 saturated carbocycles. The molecule has 1 N–H and O–H groups in total. The second-order valence-corrected chi connectivity index (χ2v) is 8.05. The van der Waals surface area contributed by atoms with Gasteiger partial charge in [-0.2, -0.15) is 0 Å². The van der Waals surface area contributed by atoms with E-state index in [0.29, 0.717) is 0 Å². The zero-order chi connectivity index (χ0) is 13.3. The van der Waals surface area contributed by atoms with E-state index in [9.17, 15) is 0 Å². The number of hydrogen-bond donors (Lipinski definition) is 1. The molecule has 1 heteroatoms. The highest BCUT2D eigenvalue weighted by Crippen LogP contribution is 2.53. The fourth-order valence-electron chi connectivity index (χ4n) is 5.53. The van der Waals surface area contributed by atoms with Gasteiger partial charge in [0.15, 0.2) is 0 Å². The summed E-state index contributed by atoms with van der Waals surface area (Å²) in [4.78, 5) is 0. The Morgan fingerprint density at radius 2 is 1.63 bits per heavy atom. The van der Waals surface area contributed by atoms with Crippen LogP contribution in [0.25, 0.3) is 0 Å². The van der Waals surface area contributed by atoms with Crippen LogP contribution in [0.15, 0.2) is 0 Å². The Balaban J connectivity index is 1.69. The first-order chi connectivity index (χ1) is 9.21. The minimum atomic E-state index is 0.742. The Bertz CT molecular complexity index is 282. The molecule has 1 nitrogen and oxygen atoms in total. The van der Waals surface area contributed by atoms with Gasteiger partial charge >= 0.3 is 0 Å². The second kappa shape index (κ2) is 5.76. The van der Waals surface area contributed by atoms with E-state index in [1.807, 2.05) is 0 Å². The number of hydrogen-bond acceptors (Lipinski definition) is 1. The zero-order valence-corrected chi connectivity index (χ0v) is 13.1. The largest absolute Gasteiger partial charge is 0.316 e. The van der Waals surface area contributed by atoms with Crippen LogP contribution in [-0.4, -0.2) is 13.1 Å². The van der Waals surface area contributed by atoms with Gasteiger partial charge in [-0.25, -0.2) is 0 Å². The molecule has 1 aliphatic heterocycles. The van der Waals surface area contributed by atoms with Crippen LogP contribution in [0.4, 0.5) is 0 Å². The van der Waals surface area contributed by atoms with Gasteiger partial charge in [0.1, 0.15) is 0 Å². The molecule has 110 valence electrons. The average Bonchev–Trinajstić information content (AvgIpc) is 2.93. The maximum atomic E-state index is 3.72. The highest BCUT2D eigenvalue weighted by molar-refractivity contribution is 4.98. The molecule has 1 heterocycles. The summed E-state index contributed by atoms with van der Waals surface area (Å²) in [5.41, 5.74) is 0.742. The monoisotopic (exact) mass is 263 g/mol. The van der Waals surface area contributed by atoms with Gasteiger partial charge in [-0.3, -0.25) is 0 Å². The molecule has 1 spiro atoms. The van der Waals surface area contributed by atoms with Crippen LogP contribution in [0.3, 0.4) is 0 Å². The van der Waals surface area contributed by atoms with Crippen molar-refractivity contribution in [3.63, 3.8) is 0 Å². The molecular weight excluding hydrogens is 230 g/mol. The van der Waals surface area contributed by atoms with Crippen LogP contribution in [-0.2, 0) is 0 Å². The van der Waals surface area contributed by atoms with Gasteiger partial charge in [-0.1, -0.05) is 39.5 Å². The van der Waals surface area contributed by atoms with Crippen molar-refractivity contribution in [1.29, 1.82) is 0 Å². The van der Waals surface area contributed by atoms with Crippen LogP contribution in [0.2, 0.25) is 0 Å². The summed E-state index contributed by atoms with van der Waals surface area (Å²) < 4.78 is 0. The van der Waals surface area contributed by atoms with Crippen molar-refractivity contribution in [2.75, 3.05) is 13.1 Å². The van der Waals surface area contributed by atoms with E-state index in [2.05, 4.69) is 19.2 Å². The van der Waals surface area contributed by atoms with E-state index in [1.165, 1.54) is 58.0 Å². The molecule has 19 heavy (non-hydrogen) atoms. The summed E-state index contributed by atoms with van der Waals surface area (Å²) >= 11 is 0. The van der Waals surface area contributed by atoms with Gasteiger partial charge in [0.05, 0.1) is 0 Å². The van der Waals surface area contributed by atoms with Gasteiger partial charge < -0.3 is 5.32 Å². The molecule has 0 bridgehead atoms. The summed E-state index contributed by atoms with van der Waals surface area (Å²) in [7, 11) is 0. The summed E-state index contributed by atoms with van der Waals surface area (Å²) in [5.74, 6) is 3.99. The molecule has 0 radical (unpaired) electrons. The minimum Gasteiger partial charge on any atom is -0.316 e. The molecule has 3 rings (SSSR count). The summed E-state index contributed by atoms with van der Waals surface area (Å²) in [6, 6.07) is 0. The van der Waals surface area contributed by atoms with Crippen LogP contribution in [0.1, 0.15) is 71.6 Å². The van der Waals surface area contributed by atoms with E-state index >= 15 is 0 Å². The molecule has 1 saturated heterocycles. The minimum absolute atomic E-state index is 0.742. The second-order valence-electron chi connectivity index (χ2n) is 8.05.